The second kappa shape index (κ2) is 6.48. The number of nitrogens with one attached hydrogen (secondary N) is 1. The van der Waals surface area contributed by atoms with Gasteiger partial charge in [0.25, 0.3) is 0 Å². The zero-order chi connectivity index (χ0) is 15.5. The quantitative estimate of drug-likeness (QED) is 0.837. The zero-order valence-corrected chi connectivity index (χ0v) is 11.2. The van der Waals surface area contributed by atoms with Crippen molar-refractivity contribution in [1.29, 1.82) is 0 Å². The van der Waals surface area contributed by atoms with Crippen LogP contribution in [-0.4, -0.2) is 49.2 Å². The summed E-state index contributed by atoms with van der Waals surface area (Å²) in [5, 5.41) is 12.9. The van der Waals surface area contributed by atoms with E-state index < -0.39 is 24.8 Å². The highest BCUT2D eigenvalue weighted by Gasteiger charge is 2.32. The van der Waals surface area contributed by atoms with Gasteiger partial charge in [-0.2, -0.15) is 0 Å². The molecular weight excluding hydrogens is 292 g/mol. The van der Waals surface area contributed by atoms with Gasteiger partial charge in [0, 0.05) is 31.7 Å². The van der Waals surface area contributed by atoms with Gasteiger partial charge in [-0.3, -0.25) is 4.90 Å². The van der Waals surface area contributed by atoms with E-state index in [0.29, 0.717) is 26.2 Å². The van der Waals surface area contributed by atoms with Gasteiger partial charge in [-0.15, -0.1) is 13.2 Å². The lowest BCUT2D eigenvalue weighted by molar-refractivity contribution is -0.274. The minimum Gasteiger partial charge on any atom is -0.508 e. The molecule has 0 aliphatic carbocycles. The molecule has 21 heavy (non-hydrogen) atoms. The van der Waals surface area contributed by atoms with Crippen LogP contribution in [0.15, 0.2) is 18.2 Å². The van der Waals surface area contributed by atoms with Crippen LogP contribution in [0.1, 0.15) is 11.6 Å². The number of phenolic OH excluding ortho intramolecular Hbond substituents is 1. The minimum atomic E-state index is -4.82. The number of nitrogens with zero attached hydrogens (tertiary/aromatic N) is 1. The lowest BCUT2D eigenvalue weighted by atomic mass is 10.0. The first-order valence-corrected chi connectivity index (χ1v) is 6.50. The van der Waals surface area contributed by atoms with Crippen molar-refractivity contribution in [1.82, 2.24) is 10.2 Å². The second-order valence-electron chi connectivity index (χ2n) is 4.72. The summed E-state index contributed by atoms with van der Waals surface area (Å²) >= 11 is 0. The molecule has 118 valence electrons. The van der Waals surface area contributed by atoms with Crippen molar-refractivity contribution in [2.45, 2.75) is 12.4 Å². The maximum absolute atomic E-state index is 13.3. The van der Waals surface area contributed by atoms with E-state index in [1.54, 1.807) is 4.90 Å². The van der Waals surface area contributed by atoms with Crippen LogP contribution in [0.2, 0.25) is 0 Å². The Bertz CT molecular complexity index is 476. The van der Waals surface area contributed by atoms with Gasteiger partial charge in [0.2, 0.25) is 0 Å². The Morgan fingerprint density at radius 2 is 1.95 bits per heavy atom. The average molecular weight is 308 g/mol. The molecule has 8 heteroatoms. The lowest BCUT2D eigenvalue weighted by Gasteiger charge is -2.34. The van der Waals surface area contributed by atoms with Crippen molar-refractivity contribution in [3.05, 3.63) is 23.8 Å². The van der Waals surface area contributed by atoms with E-state index in [1.807, 2.05) is 0 Å². The topological polar surface area (TPSA) is 44.7 Å². The molecule has 1 aromatic carbocycles. The van der Waals surface area contributed by atoms with E-state index in [4.69, 9.17) is 0 Å². The predicted octanol–water partition coefficient (Wildman–Crippen LogP) is 2.21. The summed E-state index contributed by atoms with van der Waals surface area (Å²) in [6.45, 7) is 1.63. The minimum absolute atomic E-state index is 0.0983. The Hall–Kier alpha value is -1.54. The van der Waals surface area contributed by atoms with Crippen molar-refractivity contribution in [2.75, 3.05) is 32.9 Å². The summed E-state index contributed by atoms with van der Waals surface area (Å²) in [5.41, 5.74) is 0.0983. The molecule has 1 aliphatic rings. The van der Waals surface area contributed by atoms with Crippen LogP contribution in [0, 0.1) is 0 Å². The highest BCUT2D eigenvalue weighted by atomic mass is 19.4. The molecule has 0 bridgehead atoms. The molecule has 1 fully saturated rings. The molecule has 0 amide bonds. The second-order valence-corrected chi connectivity index (χ2v) is 4.72. The first kappa shape index (κ1) is 15.8. The number of aromatic hydroxyl groups is 1. The van der Waals surface area contributed by atoms with E-state index in [0.717, 1.165) is 18.2 Å². The Kier molecular flexibility index (Phi) is 4.89. The largest absolute Gasteiger partial charge is 0.573 e. The van der Waals surface area contributed by atoms with E-state index in [9.17, 15) is 22.7 Å². The Morgan fingerprint density at radius 3 is 2.52 bits per heavy atom. The fourth-order valence-corrected chi connectivity index (χ4v) is 2.37. The summed E-state index contributed by atoms with van der Waals surface area (Å²) in [6.07, 6.45) is -4.82. The fraction of sp³-hybridized carbons (Fsp3) is 0.538. The molecule has 1 heterocycles. The van der Waals surface area contributed by atoms with E-state index >= 15 is 0 Å². The monoisotopic (exact) mass is 308 g/mol. The molecule has 0 saturated carbocycles. The molecule has 0 unspecified atom stereocenters. The average Bonchev–Trinajstić information content (AvgIpc) is 2.43. The number of hydrogen-bond acceptors (Lipinski definition) is 4. The first-order chi connectivity index (χ1) is 9.90. The summed E-state index contributed by atoms with van der Waals surface area (Å²) < 4.78 is 53.9. The molecule has 0 radical (unpaired) electrons. The summed E-state index contributed by atoms with van der Waals surface area (Å²) in [7, 11) is 0. The zero-order valence-electron chi connectivity index (χ0n) is 11.2. The van der Waals surface area contributed by atoms with E-state index in [-0.39, 0.29) is 11.3 Å². The molecule has 0 aromatic heterocycles. The molecule has 2 rings (SSSR count). The van der Waals surface area contributed by atoms with Gasteiger partial charge in [0.1, 0.15) is 18.2 Å². The molecule has 0 spiro atoms. The van der Waals surface area contributed by atoms with Crippen LogP contribution >= 0.6 is 0 Å². The Balaban J connectivity index is 2.24. The Morgan fingerprint density at radius 1 is 1.29 bits per heavy atom. The number of ether oxygens (including phenoxy) is 1. The predicted molar refractivity (Wildman–Crippen MR) is 67.9 cm³/mol. The number of phenols is 1. The number of rotatable bonds is 4. The SMILES string of the molecule is Oc1ccc(OC(F)(F)F)cc1[C@H](CF)N1CCNCC1. The van der Waals surface area contributed by atoms with Gasteiger partial charge in [-0.05, 0) is 18.2 Å². The van der Waals surface area contributed by atoms with E-state index in [2.05, 4.69) is 10.1 Å². The van der Waals surface area contributed by atoms with Crippen molar-refractivity contribution in [3.8, 4) is 11.5 Å². The molecule has 1 atom stereocenters. The maximum Gasteiger partial charge on any atom is 0.573 e. The van der Waals surface area contributed by atoms with Gasteiger partial charge in [0.15, 0.2) is 0 Å². The van der Waals surface area contributed by atoms with Crippen LogP contribution in [0.4, 0.5) is 17.6 Å². The standard InChI is InChI=1S/C13H16F4N2O2/c14-8-11(19-5-3-18-4-6-19)10-7-9(1-2-12(10)20)21-13(15,16)17/h1-2,7,11,18,20H,3-6,8H2/t11-/m0/s1. The fourth-order valence-electron chi connectivity index (χ4n) is 2.37. The van der Waals surface area contributed by atoms with Gasteiger partial charge in [-0.25, -0.2) is 4.39 Å². The van der Waals surface area contributed by atoms with Crippen LogP contribution < -0.4 is 10.1 Å². The molecule has 2 N–H and O–H groups in total. The highest BCUT2D eigenvalue weighted by Crippen LogP contribution is 2.34. The normalized spacial score (nSPS) is 18.5. The third kappa shape index (κ3) is 4.21. The first-order valence-electron chi connectivity index (χ1n) is 6.50. The van der Waals surface area contributed by atoms with Gasteiger partial charge in [0.05, 0.1) is 6.04 Å². The van der Waals surface area contributed by atoms with Crippen LogP contribution in [0.5, 0.6) is 11.5 Å². The summed E-state index contributed by atoms with van der Waals surface area (Å²) in [5.74, 6) is -0.713. The third-order valence-corrected chi connectivity index (χ3v) is 3.33. The highest BCUT2D eigenvalue weighted by molar-refractivity contribution is 5.41. The Labute approximate surface area is 119 Å². The van der Waals surface area contributed by atoms with Crippen molar-refractivity contribution in [3.63, 3.8) is 0 Å². The third-order valence-electron chi connectivity index (χ3n) is 3.33. The summed E-state index contributed by atoms with van der Waals surface area (Å²) in [6, 6.07) is 2.33. The molecule has 1 aromatic rings. The number of hydrogen-bond donors (Lipinski definition) is 2. The number of alkyl halides is 4. The van der Waals surface area contributed by atoms with Gasteiger partial charge < -0.3 is 15.2 Å². The van der Waals surface area contributed by atoms with Gasteiger partial charge in [-0.1, -0.05) is 0 Å². The molecule has 1 aliphatic heterocycles. The summed E-state index contributed by atoms with van der Waals surface area (Å²) in [4.78, 5) is 1.78. The van der Waals surface area contributed by atoms with Crippen LogP contribution in [0.3, 0.4) is 0 Å². The van der Waals surface area contributed by atoms with E-state index in [1.165, 1.54) is 0 Å². The van der Waals surface area contributed by atoms with Crippen molar-refractivity contribution < 1.29 is 27.4 Å². The van der Waals surface area contributed by atoms with Crippen LogP contribution in [-0.2, 0) is 0 Å². The smallest absolute Gasteiger partial charge is 0.508 e. The van der Waals surface area contributed by atoms with Gasteiger partial charge >= 0.3 is 6.36 Å². The number of halogens is 4. The molecular formula is C13H16F4N2O2. The number of benzene rings is 1. The van der Waals surface area contributed by atoms with Crippen molar-refractivity contribution >= 4 is 0 Å². The maximum atomic E-state index is 13.3. The molecule has 4 nitrogen and oxygen atoms in total. The van der Waals surface area contributed by atoms with Crippen LogP contribution in [0.25, 0.3) is 0 Å². The van der Waals surface area contributed by atoms with Crippen molar-refractivity contribution in [2.24, 2.45) is 0 Å². The lowest BCUT2D eigenvalue weighted by Crippen LogP contribution is -2.45. The number of piperazine rings is 1. The molecule has 1 saturated heterocycles.